The maximum Gasteiger partial charge on any atom is 0.407 e. The highest BCUT2D eigenvalue weighted by Gasteiger charge is 2.49. The van der Waals surface area contributed by atoms with E-state index in [1.807, 2.05) is 6.92 Å². The number of carbonyl (C=O) groups is 1. The van der Waals surface area contributed by atoms with Crippen LogP contribution >= 0.6 is 0 Å². The normalized spacial score (nSPS) is 22.1. The molecule has 0 radical (unpaired) electrons. The van der Waals surface area contributed by atoms with Crippen molar-refractivity contribution in [2.75, 3.05) is 32.6 Å². The van der Waals surface area contributed by atoms with E-state index in [4.69, 9.17) is 19.8 Å². The lowest BCUT2D eigenvalue weighted by Crippen LogP contribution is -2.58. The van der Waals surface area contributed by atoms with Gasteiger partial charge in [-0.2, -0.15) is 8.42 Å². The number of hydrogen-bond acceptors (Lipinski definition) is 9. The van der Waals surface area contributed by atoms with Gasteiger partial charge < -0.3 is 25.8 Å². The smallest absolute Gasteiger partial charge is 0.407 e. The third kappa shape index (κ3) is 9.87. The van der Waals surface area contributed by atoms with E-state index < -0.39 is 60.7 Å². The zero-order valence-corrected chi connectivity index (χ0v) is 26.0. The highest BCUT2D eigenvalue weighted by Crippen LogP contribution is 2.38. The molecular weight excluding hydrogens is 627 g/mol. The average Bonchev–Trinajstić information content (AvgIpc) is 3.31. The van der Waals surface area contributed by atoms with Gasteiger partial charge in [0.1, 0.15) is 12.4 Å². The molecule has 2 aliphatic heterocycles. The number of nitrogens with one attached hydrogen (secondary N) is 2. The van der Waals surface area contributed by atoms with Crippen molar-refractivity contribution in [3.05, 3.63) is 65.0 Å². The molecule has 2 saturated heterocycles. The summed E-state index contributed by atoms with van der Waals surface area (Å²) in [5, 5.41) is 4.88. The quantitative estimate of drug-likeness (QED) is 0.159. The lowest BCUT2D eigenvalue weighted by molar-refractivity contribution is 0.0989. The van der Waals surface area contributed by atoms with Gasteiger partial charge in [0.25, 0.3) is 10.1 Å². The predicted octanol–water partition coefficient (Wildman–Crippen LogP) is 2.51. The van der Waals surface area contributed by atoms with Gasteiger partial charge in [0.15, 0.2) is 21.5 Å². The molecule has 5 N–H and O–H groups in total. The maximum absolute atomic E-state index is 14.2. The number of rotatable bonds is 11. The molecule has 1 unspecified atom stereocenters. The summed E-state index contributed by atoms with van der Waals surface area (Å²) >= 11 is 0. The third-order valence-corrected chi connectivity index (χ3v) is 10.8. The molecule has 16 heteroatoms. The van der Waals surface area contributed by atoms with Gasteiger partial charge in [-0.05, 0) is 62.3 Å². The monoisotopic (exact) mass is 665 g/mol. The van der Waals surface area contributed by atoms with Gasteiger partial charge in [-0.25, -0.2) is 26.4 Å². The van der Waals surface area contributed by atoms with E-state index in [-0.39, 0.29) is 54.5 Å². The van der Waals surface area contributed by atoms with Crippen molar-refractivity contribution < 1.29 is 48.8 Å². The van der Waals surface area contributed by atoms with Crippen LogP contribution in [0.3, 0.4) is 0 Å². The Labute approximate surface area is 255 Å². The molecule has 2 heterocycles. The highest BCUT2D eigenvalue weighted by atomic mass is 32.2. The van der Waals surface area contributed by atoms with Gasteiger partial charge in [-0.15, -0.1) is 0 Å². The minimum atomic E-state index is -4.02. The van der Waals surface area contributed by atoms with E-state index in [2.05, 4.69) is 10.6 Å². The van der Waals surface area contributed by atoms with Crippen molar-refractivity contribution in [1.82, 2.24) is 10.6 Å². The maximum atomic E-state index is 14.2. The van der Waals surface area contributed by atoms with Gasteiger partial charge in [0, 0.05) is 37.8 Å². The van der Waals surface area contributed by atoms with Crippen LogP contribution in [0, 0.1) is 30.3 Å². The lowest BCUT2D eigenvalue weighted by atomic mass is 9.83. The number of fused-ring (bicyclic) bond motifs is 2. The van der Waals surface area contributed by atoms with Crippen molar-refractivity contribution >= 4 is 26.0 Å². The number of carbonyl (C=O) groups excluding carboxylic acids is 1. The molecule has 2 fully saturated rings. The number of methoxy groups -OCH3 is 1. The molecule has 2 aliphatic rings. The number of piperidine rings is 1. The van der Waals surface area contributed by atoms with E-state index in [9.17, 15) is 34.8 Å². The van der Waals surface area contributed by atoms with E-state index in [1.54, 1.807) is 12.1 Å². The van der Waals surface area contributed by atoms with Crippen LogP contribution in [0.1, 0.15) is 30.4 Å². The molecule has 2 bridgehead atoms. The molecule has 2 aromatic carbocycles. The first-order valence-corrected chi connectivity index (χ1v) is 17.1. The summed E-state index contributed by atoms with van der Waals surface area (Å²) in [5.41, 5.74) is 7.21. The molecule has 0 saturated carbocycles. The number of hydrogen-bond donors (Lipinski definition) is 4. The van der Waals surface area contributed by atoms with E-state index in [0.717, 1.165) is 18.1 Å². The van der Waals surface area contributed by atoms with E-state index >= 15 is 0 Å². The Bertz CT molecular complexity index is 1490. The van der Waals surface area contributed by atoms with Gasteiger partial charge in [0.05, 0.1) is 22.5 Å². The predicted molar refractivity (Wildman–Crippen MR) is 156 cm³/mol. The van der Waals surface area contributed by atoms with Crippen LogP contribution in [0.15, 0.2) is 41.3 Å². The molecule has 0 spiro atoms. The van der Waals surface area contributed by atoms with Crippen LogP contribution in [0.2, 0.25) is 0 Å². The Kier molecular flexibility index (Phi) is 12.6. The number of nitrogens with two attached hydrogens (primary N) is 1. The average molecular weight is 666 g/mol. The van der Waals surface area contributed by atoms with Crippen LogP contribution in [0.4, 0.5) is 18.0 Å². The molecule has 5 atom stereocenters. The van der Waals surface area contributed by atoms with Gasteiger partial charge in [-0.1, -0.05) is 17.7 Å². The second-order valence-electron chi connectivity index (χ2n) is 10.8. The summed E-state index contributed by atoms with van der Waals surface area (Å²) in [6, 6.07) is 6.23. The summed E-state index contributed by atoms with van der Waals surface area (Å²) in [6.45, 7) is 1.97. The number of halogens is 3. The first-order chi connectivity index (χ1) is 20.6. The summed E-state index contributed by atoms with van der Waals surface area (Å²) in [6.07, 6.45) is 1.06. The van der Waals surface area contributed by atoms with Crippen molar-refractivity contribution in [3.8, 4) is 0 Å². The fourth-order valence-electron chi connectivity index (χ4n) is 5.53. The molecule has 4 rings (SSSR count). The number of amides is 1. The van der Waals surface area contributed by atoms with E-state index in [0.29, 0.717) is 18.9 Å². The number of ether oxygens (including phenoxy) is 2. The lowest BCUT2D eigenvalue weighted by Gasteiger charge is -2.40. The number of sulfone groups is 1. The zero-order chi connectivity index (χ0) is 32.7. The number of benzene rings is 2. The SMILES string of the molecule is COCCOC(=O)NCCS(=O)(=O)C1[C@@H]2CC[C@H](C[C@H]1[C@H](N)Cc1cc(F)c(F)cc1F)N2.Cc1ccc(S(=O)(=O)O)cc1. The molecular formula is C28H38F3N3O8S2. The van der Waals surface area contributed by atoms with Crippen LogP contribution < -0.4 is 16.4 Å². The van der Waals surface area contributed by atoms with Gasteiger partial charge in [-0.3, -0.25) is 4.55 Å². The molecule has 1 amide bonds. The minimum Gasteiger partial charge on any atom is -0.447 e. The number of alkyl carbamates (subject to hydrolysis) is 1. The van der Waals surface area contributed by atoms with Crippen LogP contribution in [-0.4, -0.2) is 83.5 Å². The van der Waals surface area contributed by atoms with Crippen molar-refractivity contribution in [1.29, 1.82) is 0 Å². The summed E-state index contributed by atoms with van der Waals surface area (Å²) in [5.74, 6) is -4.22. The van der Waals surface area contributed by atoms with E-state index in [1.165, 1.54) is 19.2 Å². The minimum absolute atomic E-state index is 0.0442. The largest absolute Gasteiger partial charge is 0.447 e. The summed E-state index contributed by atoms with van der Waals surface area (Å²) in [4.78, 5) is 11.6. The summed E-state index contributed by atoms with van der Waals surface area (Å²) in [7, 11) is -6.28. The Balaban J connectivity index is 0.000000404. The van der Waals surface area contributed by atoms with Crippen molar-refractivity contribution in [3.63, 3.8) is 0 Å². The van der Waals surface area contributed by atoms with Gasteiger partial charge >= 0.3 is 6.09 Å². The van der Waals surface area contributed by atoms with Crippen LogP contribution in [0.25, 0.3) is 0 Å². The number of aryl methyl sites for hydroxylation is 1. The van der Waals surface area contributed by atoms with Crippen LogP contribution in [0.5, 0.6) is 0 Å². The standard InChI is InChI=1S/C21H30F3N3O5S.C7H8O3S/c1-31-5-6-32-21(28)26-4-7-33(29,30)20-14(10-13-2-3-19(20)27-13)18(25)9-12-8-16(23)17(24)11-15(12)22;1-6-2-4-7(5-3-6)11(8,9)10/h8,11,13-14,18-20,27H,2-7,9-10,25H2,1H3,(H,26,28);2-5H,1H3,(H,8,9,10)/t13-,14+,18-,19+,20?;/m1./s1. The molecule has 0 aromatic heterocycles. The molecule has 2 aromatic rings. The van der Waals surface area contributed by atoms with Crippen molar-refractivity contribution in [2.24, 2.45) is 11.7 Å². The van der Waals surface area contributed by atoms with Gasteiger partial charge in [0.2, 0.25) is 0 Å². The zero-order valence-electron chi connectivity index (χ0n) is 24.3. The fourth-order valence-corrected chi connectivity index (χ4v) is 8.23. The molecule has 246 valence electrons. The highest BCUT2D eigenvalue weighted by molar-refractivity contribution is 7.92. The Morgan fingerprint density at radius 3 is 2.36 bits per heavy atom. The fraction of sp³-hybridized carbons (Fsp3) is 0.536. The third-order valence-electron chi connectivity index (χ3n) is 7.66. The molecule has 0 aliphatic carbocycles. The second kappa shape index (κ2) is 15.5. The molecule has 11 nitrogen and oxygen atoms in total. The first-order valence-electron chi connectivity index (χ1n) is 13.9. The topological polar surface area (TPSA) is 174 Å². The Hall–Kier alpha value is -2.76. The molecule has 44 heavy (non-hydrogen) atoms. The Morgan fingerprint density at radius 1 is 1.07 bits per heavy atom. The second-order valence-corrected chi connectivity index (χ2v) is 14.5. The van der Waals surface area contributed by atoms with Crippen LogP contribution in [-0.2, 0) is 35.8 Å². The Morgan fingerprint density at radius 2 is 1.73 bits per heavy atom. The van der Waals surface area contributed by atoms with Crippen molar-refractivity contribution in [2.45, 2.75) is 60.9 Å². The first kappa shape index (κ1) is 35.7. The summed E-state index contributed by atoms with van der Waals surface area (Å²) < 4.78 is 107.